The smallest absolute Gasteiger partial charge is 0.270 e. The average Bonchev–Trinajstić information content (AvgIpc) is 2.47. The largest absolute Gasteiger partial charge is 0.345 e. The van der Waals surface area contributed by atoms with Gasteiger partial charge in [0.2, 0.25) is 0 Å². The molecule has 0 aliphatic rings. The number of hydrogen-bond donors (Lipinski definition) is 0. The summed E-state index contributed by atoms with van der Waals surface area (Å²) in [5.41, 5.74) is 0.723. The lowest BCUT2D eigenvalue weighted by atomic mass is 10.3. The molecule has 0 aliphatic heterocycles. The lowest BCUT2D eigenvalue weighted by Gasteiger charge is -2.18. The van der Waals surface area contributed by atoms with E-state index < -0.39 is 0 Å². The first-order valence-corrected chi connectivity index (χ1v) is 5.50. The normalized spacial score (nSPS) is 10.3. The van der Waals surface area contributed by atoms with E-state index in [9.17, 15) is 4.79 Å². The van der Waals surface area contributed by atoms with Gasteiger partial charge in [-0.3, -0.25) is 4.79 Å². The van der Waals surface area contributed by atoms with Gasteiger partial charge in [0, 0.05) is 30.8 Å². The molecule has 4 heteroatoms. The number of halogens is 1. The van der Waals surface area contributed by atoms with Crippen molar-refractivity contribution in [1.29, 1.82) is 0 Å². The Balaban J connectivity index is 2.93. The van der Waals surface area contributed by atoms with E-state index in [1.807, 2.05) is 42.6 Å². The second kappa shape index (κ2) is 4.64. The molecule has 0 aliphatic carbocycles. The molecule has 0 fully saturated rings. The number of carbonyl (C=O) groups is 1. The third-order valence-electron chi connectivity index (χ3n) is 2.24. The molecule has 1 aromatic heterocycles. The summed E-state index contributed by atoms with van der Waals surface area (Å²) in [5.74, 6) is 0.0863. The molecule has 0 saturated carbocycles. The second-order valence-corrected chi connectivity index (χ2v) is 4.05. The minimum atomic E-state index is 0.0863. The third kappa shape index (κ3) is 2.18. The van der Waals surface area contributed by atoms with Crippen molar-refractivity contribution < 1.29 is 4.79 Å². The SMILES string of the molecule is CCN(CC)C(=O)c1cc(Br)cn1C. The third-order valence-corrected chi connectivity index (χ3v) is 2.68. The van der Waals surface area contributed by atoms with E-state index in [4.69, 9.17) is 0 Å². The Morgan fingerprint density at radius 1 is 1.50 bits per heavy atom. The van der Waals surface area contributed by atoms with Crippen molar-refractivity contribution in [3.05, 3.63) is 22.4 Å². The lowest BCUT2D eigenvalue weighted by molar-refractivity contribution is 0.0763. The molecule has 0 radical (unpaired) electrons. The maximum atomic E-state index is 11.9. The van der Waals surface area contributed by atoms with Crippen molar-refractivity contribution in [1.82, 2.24) is 9.47 Å². The molecule has 0 atom stereocenters. The maximum Gasteiger partial charge on any atom is 0.270 e. The Hall–Kier alpha value is -0.770. The van der Waals surface area contributed by atoms with E-state index in [2.05, 4.69) is 15.9 Å². The van der Waals surface area contributed by atoms with Crippen LogP contribution in [-0.4, -0.2) is 28.5 Å². The molecule has 0 saturated heterocycles. The minimum absolute atomic E-state index is 0.0863. The van der Waals surface area contributed by atoms with Crippen molar-refractivity contribution in [3.8, 4) is 0 Å². The number of aryl methyl sites for hydroxylation is 1. The van der Waals surface area contributed by atoms with Crippen LogP contribution < -0.4 is 0 Å². The number of aromatic nitrogens is 1. The Morgan fingerprint density at radius 3 is 2.43 bits per heavy atom. The van der Waals surface area contributed by atoms with Gasteiger partial charge in [-0.15, -0.1) is 0 Å². The van der Waals surface area contributed by atoms with Crippen LogP contribution in [0.2, 0.25) is 0 Å². The van der Waals surface area contributed by atoms with Crippen LogP contribution in [0, 0.1) is 0 Å². The zero-order chi connectivity index (χ0) is 10.7. The molecule has 78 valence electrons. The van der Waals surface area contributed by atoms with Gasteiger partial charge in [-0.2, -0.15) is 0 Å². The second-order valence-electron chi connectivity index (χ2n) is 3.13. The summed E-state index contributed by atoms with van der Waals surface area (Å²) < 4.78 is 2.78. The number of carbonyl (C=O) groups excluding carboxylic acids is 1. The van der Waals surface area contributed by atoms with Crippen molar-refractivity contribution in [3.63, 3.8) is 0 Å². The van der Waals surface area contributed by atoms with Gasteiger partial charge in [-0.25, -0.2) is 0 Å². The molecule has 14 heavy (non-hydrogen) atoms. The highest BCUT2D eigenvalue weighted by molar-refractivity contribution is 9.10. The fraction of sp³-hybridized carbons (Fsp3) is 0.500. The van der Waals surface area contributed by atoms with E-state index in [-0.39, 0.29) is 5.91 Å². The standard InChI is InChI=1S/C10H15BrN2O/c1-4-13(5-2)10(14)9-6-8(11)7-12(9)3/h6-7H,4-5H2,1-3H3. The van der Waals surface area contributed by atoms with Crippen LogP contribution >= 0.6 is 15.9 Å². The predicted octanol–water partition coefficient (Wildman–Crippen LogP) is 2.27. The van der Waals surface area contributed by atoms with E-state index in [0.717, 1.165) is 23.3 Å². The molecule has 0 spiro atoms. The summed E-state index contributed by atoms with van der Waals surface area (Å²) in [7, 11) is 1.88. The molecule has 1 amide bonds. The number of nitrogens with zero attached hydrogens (tertiary/aromatic N) is 2. The molecular formula is C10H15BrN2O. The zero-order valence-corrected chi connectivity index (χ0v) is 10.3. The first-order chi connectivity index (χ1) is 6.60. The van der Waals surface area contributed by atoms with Crippen LogP contribution in [0.4, 0.5) is 0 Å². The van der Waals surface area contributed by atoms with Crippen LogP contribution in [0.1, 0.15) is 24.3 Å². The van der Waals surface area contributed by atoms with E-state index >= 15 is 0 Å². The first-order valence-electron chi connectivity index (χ1n) is 4.71. The van der Waals surface area contributed by atoms with Gasteiger partial charge in [0.1, 0.15) is 5.69 Å². The molecule has 0 bridgehead atoms. The highest BCUT2D eigenvalue weighted by Gasteiger charge is 2.15. The Labute approximate surface area is 92.8 Å². The number of rotatable bonds is 3. The van der Waals surface area contributed by atoms with Crippen LogP contribution in [-0.2, 0) is 7.05 Å². The number of hydrogen-bond acceptors (Lipinski definition) is 1. The zero-order valence-electron chi connectivity index (χ0n) is 8.75. The van der Waals surface area contributed by atoms with Crippen molar-refractivity contribution in [2.45, 2.75) is 13.8 Å². The van der Waals surface area contributed by atoms with Gasteiger partial charge >= 0.3 is 0 Å². The molecule has 1 aromatic rings. The van der Waals surface area contributed by atoms with Gasteiger partial charge in [0.25, 0.3) is 5.91 Å². The number of amides is 1. The Morgan fingerprint density at radius 2 is 2.07 bits per heavy atom. The van der Waals surface area contributed by atoms with E-state index in [1.54, 1.807) is 0 Å². The van der Waals surface area contributed by atoms with Gasteiger partial charge in [0.05, 0.1) is 0 Å². The van der Waals surface area contributed by atoms with Crippen LogP contribution in [0.25, 0.3) is 0 Å². The van der Waals surface area contributed by atoms with Crippen molar-refractivity contribution in [2.75, 3.05) is 13.1 Å². The molecule has 1 rings (SSSR count). The average molecular weight is 259 g/mol. The molecular weight excluding hydrogens is 244 g/mol. The summed E-state index contributed by atoms with van der Waals surface area (Å²) in [5, 5.41) is 0. The fourth-order valence-corrected chi connectivity index (χ4v) is 1.93. The summed E-state index contributed by atoms with van der Waals surface area (Å²) >= 11 is 3.35. The first kappa shape index (κ1) is 11.3. The summed E-state index contributed by atoms with van der Waals surface area (Å²) in [6.45, 7) is 5.47. The van der Waals surface area contributed by atoms with Crippen molar-refractivity contribution in [2.24, 2.45) is 7.05 Å². The maximum absolute atomic E-state index is 11.9. The van der Waals surface area contributed by atoms with Gasteiger partial charge in [0.15, 0.2) is 0 Å². The molecule has 0 aromatic carbocycles. The quantitative estimate of drug-likeness (QED) is 0.817. The Kier molecular flexibility index (Phi) is 3.75. The van der Waals surface area contributed by atoms with Crippen molar-refractivity contribution >= 4 is 21.8 Å². The Bertz CT molecular complexity index is 329. The highest BCUT2D eigenvalue weighted by atomic mass is 79.9. The van der Waals surface area contributed by atoms with Gasteiger partial charge < -0.3 is 9.47 Å². The van der Waals surface area contributed by atoms with Crippen LogP contribution in [0.3, 0.4) is 0 Å². The summed E-state index contributed by atoms with van der Waals surface area (Å²) in [6.07, 6.45) is 1.89. The van der Waals surface area contributed by atoms with Gasteiger partial charge in [-0.05, 0) is 35.8 Å². The minimum Gasteiger partial charge on any atom is -0.345 e. The molecule has 1 heterocycles. The predicted molar refractivity (Wildman–Crippen MR) is 60.4 cm³/mol. The lowest BCUT2D eigenvalue weighted by Crippen LogP contribution is -2.31. The molecule has 3 nitrogen and oxygen atoms in total. The van der Waals surface area contributed by atoms with E-state index in [1.165, 1.54) is 0 Å². The fourth-order valence-electron chi connectivity index (χ4n) is 1.41. The summed E-state index contributed by atoms with van der Waals surface area (Å²) in [6, 6.07) is 1.85. The summed E-state index contributed by atoms with van der Waals surface area (Å²) in [4.78, 5) is 13.7. The van der Waals surface area contributed by atoms with Crippen LogP contribution in [0.15, 0.2) is 16.7 Å². The monoisotopic (exact) mass is 258 g/mol. The molecule has 0 N–H and O–H groups in total. The van der Waals surface area contributed by atoms with Gasteiger partial charge in [-0.1, -0.05) is 0 Å². The molecule has 0 unspecified atom stereocenters. The topological polar surface area (TPSA) is 25.2 Å². The highest BCUT2D eigenvalue weighted by Crippen LogP contribution is 2.15. The van der Waals surface area contributed by atoms with E-state index in [0.29, 0.717) is 0 Å². The van der Waals surface area contributed by atoms with Crippen LogP contribution in [0.5, 0.6) is 0 Å².